The van der Waals surface area contributed by atoms with E-state index in [0.29, 0.717) is 12.7 Å². The number of unbranched alkanes of at least 4 members (excludes halogenated alkanes) is 4. The topological polar surface area (TPSA) is 34.1 Å². The molecule has 0 saturated carbocycles. The third-order valence-corrected chi connectivity index (χ3v) is 1.89. The van der Waals surface area contributed by atoms with E-state index in [0.717, 1.165) is 12.8 Å². The van der Waals surface area contributed by atoms with Gasteiger partial charge in [0.1, 0.15) is 6.29 Å². The Hall–Kier alpha value is -0.920. The molecule has 0 rings (SSSR count). The molecule has 0 aliphatic heterocycles. The monoisotopic (exact) mass is 182 g/mol. The predicted octanol–water partition coefficient (Wildman–Crippen LogP) is 2.67. The van der Waals surface area contributed by atoms with Crippen LogP contribution in [0.1, 0.15) is 45.4 Å². The highest BCUT2D eigenvalue weighted by molar-refractivity contribution is 5.92. The smallest absolute Gasteiger partial charge is 0.155 e. The molecule has 0 N–H and O–H groups in total. The maximum Gasteiger partial charge on any atom is 0.155 e. The van der Waals surface area contributed by atoms with Gasteiger partial charge in [-0.05, 0) is 18.6 Å². The van der Waals surface area contributed by atoms with Crippen LogP contribution in [0, 0.1) is 0 Å². The maximum absolute atomic E-state index is 11.0. The molecule has 0 saturated heterocycles. The van der Waals surface area contributed by atoms with Crippen molar-refractivity contribution in [2.24, 2.45) is 0 Å². The molecule has 0 aromatic rings. The molecule has 0 bridgehead atoms. The van der Waals surface area contributed by atoms with Crippen LogP contribution >= 0.6 is 0 Å². The Bertz CT molecular complexity index is 171. The Morgan fingerprint density at radius 1 is 1.15 bits per heavy atom. The van der Waals surface area contributed by atoms with Gasteiger partial charge in [-0.25, -0.2) is 0 Å². The van der Waals surface area contributed by atoms with Gasteiger partial charge in [0.15, 0.2) is 5.78 Å². The third-order valence-electron chi connectivity index (χ3n) is 1.89. The molecule has 0 heterocycles. The second kappa shape index (κ2) is 9.17. The van der Waals surface area contributed by atoms with E-state index in [2.05, 4.69) is 6.92 Å². The van der Waals surface area contributed by atoms with Crippen LogP contribution in [0.3, 0.4) is 0 Å². The molecule has 0 aromatic heterocycles. The van der Waals surface area contributed by atoms with Crippen molar-refractivity contribution in [1.29, 1.82) is 0 Å². The summed E-state index contributed by atoms with van der Waals surface area (Å²) in [6.45, 7) is 2.16. The molecule has 0 atom stereocenters. The second-order valence-corrected chi connectivity index (χ2v) is 3.13. The van der Waals surface area contributed by atoms with Gasteiger partial charge in [-0.15, -0.1) is 0 Å². The Kier molecular flexibility index (Phi) is 8.52. The predicted molar refractivity (Wildman–Crippen MR) is 53.6 cm³/mol. The van der Waals surface area contributed by atoms with Crippen LogP contribution < -0.4 is 0 Å². The summed E-state index contributed by atoms with van der Waals surface area (Å²) in [4.78, 5) is 20.9. The van der Waals surface area contributed by atoms with Gasteiger partial charge in [0.05, 0.1) is 0 Å². The Labute approximate surface area is 80.0 Å². The van der Waals surface area contributed by atoms with E-state index in [1.807, 2.05) is 0 Å². The summed E-state index contributed by atoms with van der Waals surface area (Å²) in [6, 6.07) is 0. The van der Waals surface area contributed by atoms with Crippen molar-refractivity contribution in [1.82, 2.24) is 0 Å². The van der Waals surface area contributed by atoms with Crippen molar-refractivity contribution in [3.63, 3.8) is 0 Å². The number of hydrogen-bond acceptors (Lipinski definition) is 2. The fraction of sp³-hybridized carbons (Fsp3) is 0.636. The molecule has 74 valence electrons. The molecule has 0 aliphatic rings. The van der Waals surface area contributed by atoms with Crippen LogP contribution in [0.15, 0.2) is 12.2 Å². The van der Waals surface area contributed by atoms with E-state index in [9.17, 15) is 9.59 Å². The van der Waals surface area contributed by atoms with Crippen molar-refractivity contribution >= 4 is 12.1 Å². The van der Waals surface area contributed by atoms with Gasteiger partial charge in [0.2, 0.25) is 0 Å². The quantitative estimate of drug-likeness (QED) is 0.328. The molecule has 2 nitrogen and oxygen atoms in total. The molecular weight excluding hydrogens is 164 g/mol. The summed E-state index contributed by atoms with van der Waals surface area (Å²) in [6.07, 6.45) is 9.57. The Balaban J connectivity index is 3.26. The summed E-state index contributed by atoms with van der Waals surface area (Å²) < 4.78 is 0. The Morgan fingerprint density at radius 3 is 2.46 bits per heavy atom. The fourth-order valence-corrected chi connectivity index (χ4v) is 1.13. The first-order valence-electron chi connectivity index (χ1n) is 4.96. The van der Waals surface area contributed by atoms with Gasteiger partial charge in [-0.2, -0.15) is 0 Å². The van der Waals surface area contributed by atoms with Crippen molar-refractivity contribution in [2.75, 3.05) is 0 Å². The van der Waals surface area contributed by atoms with E-state index >= 15 is 0 Å². The first-order chi connectivity index (χ1) is 6.31. The molecule has 13 heavy (non-hydrogen) atoms. The van der Waals surface area contributed by atoms with Gasteiger partial charge in [-0.1, -0.05) is 32.6 Å². The van der Waals surface area contributed by atoms with E-state index in [1.54, 1.807) is 0 Å². The average Bonchev–Trinajstić information content (AvgIpc) is 2.14. The third kappa shape index (κ3) is 8.99. The Morgan fingerprint density at radius 2 is 1.85 bits per heavy atom. The van der Waals surface area contributed by atoms with Gasteiger partial charge in [-0.3, -0.25) is 9.59 Å². The summed E-state index contributed by atoms with van der Waals surface area (Å²) >= 11 is 0. The highest BCUT2D eigenvalue weighted by atomic mass is 16.1. The number of ketones is 1. The normalized spacial score (nSPS) is 10.5. The first-order valence-corrected chi connectivity index (χ1v) is 4.96. The van der Waals surface area contributed by atoms with E-state index in [-0.39, 0.29) is 5.78 Å². The van der Waals surface area contributed by atoms with Crippen molar-refractivity contribution < 1.29 is 9.59 Å². The number of carbonyl (C=O) groups excluding carboxylic acids is 2. The zero-order valence-corrected chi connectivity index (χ0v) is 8.29. The second-order valence-electron chi connectivity index (χ2n) is 3.13. The highest BCUT2D eigenvalue weighted by Crippen LogP contribution is 2.05. The van der Waals surface area contributed by atoms with E-state index in [1.165, 1.54) is 31.4 Å². The first kappa shape index (κ1) is 12.1. The highest BCUT2D eigenvalue weighted by Gasteiger charge is 1.95. The van der Waals surface area contributed by atoms with Crippen LogP contribution in [-0.2, 0) is 9.59 Å². The number of carbonyl (C=O) groups is 2. The minimum atomic E-state index is 0.0589. The molecule has 0 aromatic carbocycles. The van der Waals surface area contributed by atoms with Crippen molar-refractivity contribution in [3.05, 3.63) is 12.2 Å². The largest absolute Gasteiger partial charge is 0.299 e. The van der Waals surface area contributed by atoms with E-state index in [4.69, 9.17) is 0 Å². The summed E-state index contributed by atoms with van der Waals surface area (Å²) in [5.74, 6) is 0.0589. The lowest BCUT2D eigenvalue weighted by molar-refractivity contribution is -0.115. The molecule has 2 heteroatoms. The zero-order chi connectivity index (χ0) is 9.94. The number of hydrogen-bond donors (Lipinski definition) is 0. The molecule has 0 unspecified atom stereocenters. The maximum atomic E-state index is 11.0. The SMILES string of the molecule is CCCCCCCC(=O)/C=C/C=O. The standard InChI is InChI=1S/C11H18O2/c1-2-3-4-5-6-8-11(13)9-7-10-12/h7,9-10H,2-6,8H2,1H3/b9-7+. The molecule has 0 aliphatic carbocycles. The molecule has 0 amide bonds. The van der Waals surface area contributed by atoms with Crippen molar-refractivity contribution in [2.45, 2.75) is 45.4 Å². The lowest BCUT2D eigenvalue weighted by Crippen LogP contribution is -1.92. The molecule has 0 fully saturated rings. The van der Waals surface area contributed by atoms with Gasteiger partial charge in [0.25, 0.3) is 0 Å². The fourth-order valence-electron chi connectivity index (χ4n) is 1.13. The van der Waals surface area contributed by atoms with Gasteiger partial charge in [0, 0.05) is 6.42 Å². The van der Waals surface area contributed by atoms with Gasteiger partial charge < -0.3 is 0 Å². The molecule has 0 spiro atoms. The average molecular weight is 182 g/mol. The summed E-state index contributed by atoms with van der Waals surface area (Å²) in [5, 5.41) is 0. The number of aldehydes is 1. The van der Waals surface area contributed by atoms with Crippen LogP contribution in [-0.4, -0.2) is 12.1 Å². The summed E-state index contributed by atoms with van der Waals surface area (Å²) in [5.41, 5.74) is 0. The van der Waals surface area contributed by atoms with Crippen LogP contribution in [0.2, 0.25) is 0 Å². The van der Waals surface area contributed by atoms with E-state index < -0.39 is 0 Å². The number of rotatable bonds is 8. The minimum Gasteiger partial charge on any atom is -0.299 e. The number of allylic oxidation sites excluding steroid dienone is 2. The van der Waals surface area contributed by atoms with Crippen molar-refractivity contribution in [3.8, 4) is 0 Å². The lowest BCUT2D eigenvalue weighted by atomic mass is 10.1. The summed E-state index contributed by atoms with van der Waals surface area (Å²) in [7, 11) is 0. The van der Waals surface area contributed by atoms with Crippen LogP contribution in [0.5, 0.6) is 0 Å². The zero-order valence-electron chi connectivity index (χ0n) is 8.29. The minimum absolute atomic E-state index is 0.0589. The lowest BCUT2D eigenvalue weighted by Gasteiger charge is -1.96. The van der Waals surface area contributed by atoms with Crippen LogP contribution in [0.25, 0.3) is 0 Å². The molecular formula is C11H18O2. The molecule has 0 radical (unpaired) electrons. The van der Waals surface area contributed by atoms with Crippen LogP contribution in [0.4, 0.5) is 0 Å². The van der Waals surface area contributed by atoms with Gasteiger partial charge >= 0.3 is 0 Å².